The summed E-state index contributed by atoms with van der Waals surface area (Å²) in [7, 11) is 0. The van der Waals surface area contributed by atoms with Crippen molar-refractivity contribution in [1.82, 2.24) is 5.16 Å². The standard InChI is InChI=1S/C10H8FN5O4/c11-7-2-9(16(18)19)6(1-8(7)15-12)10(17)14-5-3-13-20-4-5/h1-4,15H,12H2,(H,14,17). The van der Waals surface area contributed by atoms with Crippen LogP contribution >= 0.6 is 0 Å². The van der Waals surface area contributed by atoms with Crippen LogP contribution in [0.5, 0.6) is 0 Å². The van der Waals surface area contributed by atoms with Crippen molar-refractivity contribution in [2.45, 2.75) is 0 Å². The van der Waals surface area contributed by atoms with Gasteiger partial charge in [-0.1, -0.05) is 5.16 Å². The average Bonchev–Trinajstić information content (AvgIpc) is 2.90. The maximum atomic E-state index is 13.4. The first-order valence-corrected chi connectivity index (χ1v) is 5.18. The fraction of sp³-hybridized carbons (Fsp3) is 0. The first-order chi connectivity index (χ1) is 9.52. The average molecular weight is 281 g/mol. The lowest BCUT2D eigenvalue weighted by Gasteiger charge is -2.07. The number of nitro groups is 1. The molecule has 0 radical (unpaired) electrons. The van der Waals surface area contributed by atoms with Gasteiger partial charge in [-0.2, -0.15) is 0 Å². The molecule has 10 heteroatoms. The van der Waals surface area contributed by atoms with Crippen LogP contribution in [0.15, 0.2) is 29.1 Å². The molecular weight excluding hydrogens is 273 g/mol. The van der Waals surface area contributed by atoms with E-state index >= 15 is 0 Å². The summed E-state index contributed by atoms with van der Waals surface area (Å²) in [5.74, 6) is 3.30. The number of carbonyl (C=O) groups is 1. The molecule has 0 fully saturated rings. The van der Waals surface area contributed by atoms with Crippen LogP contribution in [0.2, 0.25) is 0 Å². The predicted octanol–water partition coefficient (Wildman–Crippen LogP) is 1.26. The molecule has 104 valence electrons. The van der Waals surface area contributed by atoms with Crippen LogP contribution in [-0.4, -0.2) is 16.0 Å². The van der Waals surface area contributed by atoms with E-state index in [1.165, 1.54) is 6.20 Å². The van der Waals surface area contributed by atoms with Gasteiger partial charge in [-0.15, -0.1) is 0 Å². The van der Waals surface area contributed by atoms with E-state index in [-0.39, 0.29) is 16.9 Å². The number of nitrogens with one attached hydrogen (secondary N) is 2. The minimum Gasteiger partial charge on any atom is -0.363 e. The lowest BCUT2D eigenvalue weighted by Crippen LogP contribution is -2.16. The number of nitrogen functional groups attached to an aromatic ring is 1. The minimum absolute atomic E-state index is 0.205. The summed E-state index contributed by atoms with van der Waals surface area (Å²) in [6.07, 6.45) is 2.34. The van der Waals surface area contributed by atoms with Gasteiger partial charge in [0.2, 0.25) is 0 Å². The third kappa shape index (κ3) is 2.54. The van der Waals surface area contributed by atoms with Gasteiger partial charge in [-0.25, -0.2) is 4.39 Å². The number of hydrogen-bond acceptors (Lipinski definition) is 7. The number of nitrogens with zero attached hydrogens (tertiary/aromatic N) is 2. The molecule has 1 aromatic heterocycles. The molecule has 1 amide bonds. The molecule has 1 heterocycles. The highest BCUT2D eigenvalue weighted by molar-refractivity contribution is 6.07. The Labute approximate surface area is 110 Å². The van der Waals surface area contributed by atoms with Crippen molar-refractivity contribution in [3.8, 4) is 0 Å². The van der Waals surface area contributed by atoms with E-state index in [4.69, 9.17) is 5.84 Å². The normalized spacial score (nSPS) is 10.1. The van der Waals surface area contributed by atoms with E-state index in [1.807, 2.05) is 5.43 Å². The van der Waals surface area contributed by atoms with E-state index in [2.05, 4.69) is 15.0 Å². The summed E-state index contributed by atoms with van der Waals surface area (Å²) < 4.78 is 17.9. The summed E-state index contributed by atoms with van der Waals surface area (Å²) in [4.78, 5) is 21.9. The molecule has 0 aliphatic heterocycles. The minimum atomic E-state index is -0.944. The Bertz CT molecular complexity index is 658. The Morgan fingerprint density at radius 2 is 2.25 bits per heavy atom. The number of anilines is 2. The van der Waals surface area contributed by atoms with Crippen LogP contribution in [0.4, 0.5) is 21.5 Å². The number of nitrogens with two attached hydrogens (primary N) is 1. The zero-order valence-corrected chi connectivity index (χ0v) is 9.79. The molecule has 20 heavy (non-hydrogen) atoms. The van der Waals surface area contributed by atoms with E-state index < -0.39 is 22.3 Å². The van der Waals surface area contributed by atoms with Gasteiger partial charge >= 0.3 is 0 Å². The Morgan fingerprint density at radius 3 is 2.80 bits per heavy atom. The fourth-order valence-corrected chi connectivity index (χ4v) is 1.47. The van der Waals surface area contributed by atoms with Crippen molar-refractivity contribution in [1.29, 1.82) is 0 Å². The lowest BCUT2D eigenvalue weighted by molar-refractivity contribution is -0.385. The van der Waals surface area contributed by atoms with Crippen molar-refractivity contribution < 1.29 is 18.6 Å². The van der Waals surface area contributed by atoms with Gasteiger partial charge in [0.1, 0.15) is 17.5 Å². The van der Waals surface area contributed by atoms with Crippen molar-refractivity contribution in [3.63, 3.8) is 0 Å². The van der Waals surface area contributed by atoms with Gasteiger partial charge in [0.15, 0.2) is 5.82 Å². The van der Waals surface area contributed by atoms with Crippen LogP contribution < -0.4 is 16.6 Å². The lowest BCUT2D eigenvalue weighted by atomic mass is 10.1. The third-order valence-corrected chi connectivity index (χ3v) is 2.37. The van der Waals surface area contributed by atoms with Gasteiger partial charge in [-0.3, -0.25) is 20.8 Å². The Morgan fingerprint density at radius 1 is 1.50 bits per heavy atom. The van der Waals surface area contributed by atoms with Crippen LogP contribution in [0, 0.1) is 15.9 Å². The highest BCUT2D eigenvalue weighted by atomic mass is 19.1. The maximum absolute atomic E-state index is 13.4. The SMILES string of the molecule is NNc1cc(C(=O)Nc2cnoc2)c([N+](=O)[O-])cc1F. The highest BCUT2D eigenvalue weighted by Crippen LogP contribution is 2.26. The number of hydrazine groups is 1. The molecule has 4 N–H and O–H groups in total. The number of benzene rings is 1. The monoisotopic (exact) mass is 281 g/mol. The van der Waals surface area contributed by atoms with Gasteiger partial charge in [0.25, 0.3) is 11.6 Å². The molecule has 1 aromatic carbocycles. The van der Waals surface area contributed by atoms with Gasteiger partial charge in [0.05, 0.1) is 22.9 Å². The molecule has 0 spiro atoms. The number of rotatable bonds is 4. The van der Waals surface area contributed by atoms with Crippen LogP contribution in [0.1, 0.15) is 10.4 Å². The van der Waals surface area contributed by atoms with Gasteiger partial charge in [0, 0.05) is 0 Å². The largest absolute Gasteiger partial charge is 0.363 e. The molecule has 0 aliphatic rings. The van der Waals surface area contributed by atoms with Crippen LogP contribution in [-0.2, 0) is 0 Å². The highest BCUT2D eigenvalue weighted by Gasteiger charge is 2.24. The quantitative estimate of drug-likeness (QED) is 0.436. The van der Waals surface area contributed by atoms with Crippen molar-refractivity contribution in [2.24, 2.45) is 5.84 Å². The topological polar surface area (TPSA) is 136 Å². The summed E-state index contributed by atoms with van der Waals surface area (Å²) >= 11 is 0. The van der Waals surface area contributed by atoms with E-state index in [0.717, 1.165) is 12.3 Å². The Kier molecular flexibility index (Phi) is 3.57. The second kappa shape index (κ2) is 5.32. The second-order valence-corrected chi connectivity index (χ2v) is 3.62. The van der Waals surface area contributed by atoms with E-state index in [1.54, 1.807) is 0 Å². The zero-order chi connectivity index (χ0) is 14.7. The smallest absolute Gasteiger partial charge is 0.285 e. The molecule has 0 atom stereocenters. The molecule has 0 saturated carbocycles. The molecule has 9 nitrogen and oxygen atoms in total. The molecule has 2 rings (SSSR count). The zero-order valence-electron chi connectivity index (χ0n) is 9.79. The van der Waals surface area contributed by atoms with Gasteiger partial charge < -0.3 is 15.3 Å². The number of amides is 1. The number of carbonyl (C=O) groups excluding carboxylic acids is 1. The molecule has 0 unspecified atom stereocenters. The molecular formula is C10H8FN5O4. The number of hydrogen-bond donors (Lipinski definition) is 3. The van der Waals surface area contributed by atoms with Crippen molar-refractivity contribution in [3.05, 3.63) is 46.1 Å². The number of nitro benzene ring substituents is 1. The van der Waals surface area contributed by atoms with Crippen molar-refractivity contribution in [2.75, 3.05) is 10.7 Å². The second-order valence-electron chi connectivity index (χ2n) is 3.62. The maximum Gasteiger partial charge on any atom is 0.285 e. The molecule has 0 aliphatic carbocycles. The predicted molar refractivity (Wildman–Crippen MR) is 65.3 cm³/mol. The van der Waals surface area contributed by atoms with E-state index in [9.17, 15) is 19.3 Å². The first kappa shape index (κ1) is 13.4. The number of halogens is 1. The van der Waals surface area contributed by atoms with Crippen LogP contribution in [0.3, 0.4) is 0 Å². The van der Waals surface area contributed by atoms with Crippen LogP contribution in [0.25, 0.3) is 0 Å². The van der Waals surface area contributed by atoms with Crippen molar-refractivity contribution >= 4 is 23.0 Å². The fourth-order valence-electron chi connectivity index (χ4n) is 1.47. The number of aromatic nitrogens is 1. The summed E-state index contributed by atoms with van der Waals surface area (Å²) in [6.45, 7) is 0. The third-order valence-electron chi connectivity index (χ3n) is 2.37. The van der Waals surface area contributed by atoms with Gasteiger partial charge in [-0.05, 0) is 6.07 Å². The molecule has 2 aromatic rings. The molecule has 0 saturated heterocycles. The summed E-state index contributed by atoms with van der Waals surface area (Å²) in [5.41, 5.74) is 0.926. The summed E-state index contributed by atoms with van der Waals surface area (Å²) in [5, 5.41) is 16.5. The Balaban J connectivity index is 2.42. The molecule has 0 bridgehead atoms. The van der Waals surface area contributed by atoms with E-state index in [0.29, 0.717) is 6.07 Å². The Hall–Kier alpha value is -3.01. The summed E-state index contributed by atoms with van der Waals surface area (Å²) in [6, 6.07) is 1.55. The first-order valence-electron chi connectivity index (χ1n) is 5.18.